The molecule has 9 nitrogen and oxygen atoms in total. The number of fused-ring (bicyclic) bond motifs is 3. The number of amides is 1. The lowest BCUT2D eigenvalue weighted by Crippen LogP contribution is -2.25. The molecule has 0 radical (unpaired) electrons. The molecule has 2 heterocycles. The number of carbonyl (C=O) groups excluding carboxylic acids is 1. The van der Waals surface area contributed by atoms with Crippen LogP contribution in [0.3, 0.4) is 0 Å². The molecule has 4 rings (SSSR count). The fourth-order valence-corrected chi connectivity index (χ4v) is 4.43. The van der Waals surface area contributed by atoms with E-state index in [9.17, 15) is 4.79 Å². The summed E-state index contributed by atoms with van der Waals surface area (Å²) in [6.07, 6.45) is 0.599. The van der Waals surface area contributed by atoms with Gasteiger partial charge in [-0.3, -0.25) is 4.79 Å². The minimum Gasteiger partial charge on any atom is -0.497 e. The first kappa shape index (κ1) is 22.7. The number of thioether (sulfide) groups is 1. The quantitative estimate of drug-likeness (QED) is 0.305. The second kappa shape index (κ2) is 9.53. The van der Waals surface area contributed by atoms with Gasteiger partial charge in [0.05, 0.1) is 32.1 Å². The van der Waals surface area contributed by atoms with Gasteiger partial charge in [-0.2, -0.15) is 4.52 Å². The first-order valence-corrected chi connectivity index (χ1v) is 11.3. The molecular weight excluding hydrogens is 442 g/mol. The Morgan fingerprint density at radius 3 is 2.55 bits per heavy atom. The third-order valence-corrected chi connectivity index (χ3v) is 6.41. The van der Waals surface area contributed by atoms with Gasteiger partial charge in [0, 0.05) is 23.2 Å². The van der Waals surface area contributed by atoms with Crippen molar-refractivity contribution >= 4 is 39.9 Å². The number of methoxy groups -OCH3 is 3. The molecule has 33 heavy (non-hydrogen) atoms. The summed E-state index contributed by atoms with van der Waals surface area (Å²) in [7, 11) is 4.75. The second-order valence-electron chi connectivity index (χ2n) is 7.25. The molecular formula is C23H25N5O4S. The Kier molecular flexibility index (Phi) is 6.55. The van der Waals surface area contributed by atoms with E-state index in [4.69, 9.17) is 19.2 Å². The Morgan fingerprint density at radius 2 is 1.85 bits per heavy atom. The van der Waals surface area contributed by atoms with Gasteiger partial charge >= 0.3 is 0 Å². The molecule has 2 aromatic carbocycles. The van der Waals surface area contributed by atoms with Gasteiger partial charge in [-0.25, -0.2) is 9.97 Å². The fraction of sp³-hybridized carbons (Fsp3) is 0.304. The van der Waals surface area contributed by atoms with Crippen molar-refractivity contribution < 1.29 is 19.0 Å². The average molecular weight is 468 g/mol. The molecule has 0 aliphatic carbocycles. The Morgan fingerprint density at radius 1 is 1.09 bits per heavy atom. The number of hydrogen-bond acceptors (Lipinski definition) is 8. The summed E-state index contributed by atoms with van der Waals surface area (Å²) in [5.41, 5.74) is 1.99. The molecule has 0 saturated carbocycles. The molecule has 1 amide bonds. The summed E-state index contributed by atoms with van der Waals surface area (Å²) in [6.45, 7) is 3.78. The maximum Gasteiger partial charge on any atom is 0.237 e. The maximum absolute atomic E-state index is 13.1. The van der Waals surface area contributed by atoms with E-state index in [0.717, 1.165) is 5.39 Å². The minimum absolute atomic E-state index is 0.130. The second-order valence-corrected chi connectivity index (χ2v) is 8.42. The van der Waals surface area contributed by atoms with Crippen LogP contribution in [0.25, 0.3) is 16.6 Å². The predicted molar refractivity (Wildman–Crippen MR) is 128 cm³/mol. The summed E-state index contributed by atoms with van der Waals surface area (Å²) in [6, 6.07) is 10.9. The number of aryl methyl sites for hydroxylation is 1. The van der Waals surface area contributed by atoms with E-state index in [1.165, 1.54) is 11.8 Å². The van der Waals surface area contributed by atoms with Crippen molar-refractivity contribution in [2.24, 2.45) is 0 Å². The zero-order valence-electron chi connectivity index (χ0n) is 19.1. The zero-order chi connectivity index (χ0) is 23.5. The van der Waals surface area contributed by atoms with Crippen LogP contribution in [0, 0.1) is 6.92 Å². The van der Waals surface area contributed by atoms with Crippen molar-refractivity contribution in [1.29, 1.82) is 0 Å². The molecule has 172 valence electrons. The van der Waals surface area contributed by atoms with E-state index in [1.807, 2.05) is 38.1 Å². The van der Waals surface area contributed by atoms with Crippen molar-refractivity contribution in [1.82, 2.24) is 19.6 Å². The van der Waals surface area contributed by atoms with Gasteiger partial charge in [0.25, 0.3) is 0 Å². The molecule has 1 N–H and O–H groups in total. The highest BCUT2D eigenvalue weighted by atomic mass is 32.2. The van der Waals surface area contributed by atoms with Crippen LogP contribution in [0.4, 0.5) is 5.69 Å². The van der Waals surface area contributed by atoms with E-state index >= 15 is 0 Å². The number of rotatable bonds is 8. The molecule has 4 aromatic rings. The highest BCUT2D eigenvalue weighted by molar-refractivity contribution is 8.00. The van der Waals surface area contributed by atoms with E-state index in [0.29, 0.717) is 51.5 Å². The van der Waals surface area contributed by atoms with Gasteiger partial charge in [-0.15, -0.1) is 5.10 Å². The lowest BCUT2D eigenvalue weighted by molar-refractivity contribution is -0.115. The van der Waals surface area contributed by atoms with E-state index < -0.39 is 5.25 Å². The van der Waals surface area contributed by atoms with Gasteiger partial charge in [-0.1, -0.05) is 24.8 Å². The van der Waals surface area contributed by atoms with Crippen LogP contribution >= 0.6 is 11.8 Å². The molecule has 1 atom stereocenters. The van der Waals surface area contributed by atoms with Gasteiger partial charge in [0.2, 0.25) is 5.91 Å². The maximum atomic E-state index is 13.1. The van der Waals surface area contributed by atoms with Crippen LogP contribution in [0.15, 0.2) is 41.6 Å². The van der Waals surface area contributed by atoms with E-state index in [2.05, 4.69) is 15.4 Å². The monoisotopic (exact) mass is 467 g/mol. The molecule has 1 unspecified atom stereocenters. The third kappa shape index (κ3) is 4.51. The number of benzene rings is 2. The molecule has 0 aliphatic rings. The normalized spacial score (nSPS) is 12.0. The van der Waals surface area contributed by atoms with Crippen molar-refractivity contribution in [3.63, 3.8) is 0 Å². The van der Waals surface area contributed by atoms with Gasteiger partial charge < -0.3 is 19.5 Å². The number of ether oxygens (including phenoxy) is 3. The Bertz CT molecular complexity index is 1320. The summed E-state index contributed by atoms with van der Waals surface area (Å²) < 4.78 is 17.8. The predicted octanol–water partition coefficient (Wildman–Crippen LogP) is 4.12. The van der Waals surface area contributed by atoms with Gasteiger partial charge in [-0.05, 0) is 31.5 Å². The number of hydrogen-bond donors (Lipinski definition) is 1. The van der Waals surface area contributed by atoms with Crippen molar-refractivity contribution in [3.8, 4) is 17.2 Å². The summed E-state index contributed by atoms with van der Waals surface area (Å²) >= 11 is 1.34. The minimum atomic E-state index is -0.394. The van der Waals surface area contributed by atoms with Crippen molar-refractivity contribution in [2.45, 2.75) is 30.7 Å². The average Bonchev–Trinajstić information content (AvgIpc) is 3.23. The fourth-order valence-electron chi connectivity index (χ4n) is 3.46. The van der Waals surface area contributed by atoms with Gasteiger partial charge in [0.1, 0.15) is 11.6 Å². The van der Waals surface area contributed by atoms with Crippen LogP contribution in [0.2, 0.25) is 0 Å². The molecule has 10 heteroatoms. The van der Waals surface area contributed by atoms with Crippen LogP contribution in [0.1, 0.15) is 19.2 Å². The highest BCUT2D eigenvalue weighted by Gasteiger charge is 2.23. The SMILES string of the molecule is CCC(Sc1nc2cc(OC)c(OC)cc2c2nc(C)nn12)C(=O)Nc1cccc(OC)c1. The summed E-state index contributed by atoms with van der Waals surface area (Å²) in [5.74, 6) is 2.30. The third-order valence-electron chi connectivity index (χ3n) is 5.10. The number of aromatic nitrogens is 4. The Hall–Kier alpha value is -3.53. The van der Waals surface area contributed by atoms with Crippen molar-refractivity contribution in [3.05, 3.63) is 42.2 Å². The lowest BCUT2D eigenvalue weighted by Gasteiger charge is -2.16. The van der Waals surface area contributed by atoms with Crippen molar-refractivity contribution in [2.75, 3.05) is 26.6 Å². The van der Waals surface area contributed by atoms with Crippen LogP contribution in [0.5, 0.6) is 17.2 Å². The molecule has 0 bridgehead atoms. The lowest BCUT2D eigenvalue weighted by atomic mass is 10.2. The largest absolute Gasteiger partial charge is 0.497 e. The molecule has 0 aliphatic heterocycles. The Labute approximate surface area is 195 Å². The highest BCUT2D eigenvalue weighted by Crippen LogP contribution is 2.35. The number of carbonyl (C=O) groups is 1. The number of anilines is 1. The van der Waals surface area contributed by atoms with Crippen LogP contribution in [-0.4, -0.2) is 52.1 Å². The topological polar surface area (TPSA) is 99.9 Å². The van der Waals surface area contributed by atoms with Crippen LogP contribution < -0.4 is 19.5 Å². The summed E-state index contributed by atoms with van der Waals surface area (Å²) in [5, 5.41) is 8.44. The smallest absolute Gasteiger partial charge is 0.237 e. The Balaban J connectivity index is 1.71. The van der Waals surface area contributed by atoms with E-state index in [1.54, 1.807) is 38.0 Å². The molecule has 0 spiro atoms. The van der Waals surface area contributed by atoms with Gasteiger partial charge in [0.15, 0.2) is 22.3 Å². The first-order valence-electron chi connectivity index (χ1n) is 10.4. The standard InChI is InChI=1S/C23H25N5O4S/c1-6-20(22(29)25-14-8-7-9-15(10-14)30-3)33-23-26-17-12-19(32-5)18(31-4)11-16(17)21-24-13(2)27-28(21)23/h7-12,20H,6H2,1-5H3,(H,25,29). The van der Waals surface area contributed by atoms with E-state index in [-0.39, 0.29) is 5.91 Å². The number of nitrogens with zero attached hydrogens (tertiary/aromatic N) is 4. The molecule has 2 aromatic heterocycles. The number of nitrogens with one attached hydrogen (secondary N) is 1. The van der Waals surface area contributed by atoms with Crippen LogP contribution in [-0.2, 0) is 4.79 Å². The molecule has 0 saturated heterocycles. The molecule has 0 fully saturated rings. The zero-order valence-corrected chi connectivity index (χ0v) is 19.9. The summed E-state index contributed by atoms with van der Waals surface area (Å²) in [4.78, 5) is 22.4. The first-order chi connectivity index (χ1) is 16.0.